The molecule has 2 rings (SSSR count). The van der Waals surface area contributed by atoms with Gasteiger partial charge in [0.15, 0.2) is 5.75 Å². The zero-order valence-corrected chi connectivity index (χ0v) is 13.3. The molecule has 1 aliphatic carbocycles. The number of nitrogens with zero attached hydrogens (tertiary/aromatic N) is 2. The van der Waals surface area contributed by atoms with Crippen LogP contribution in [0.1, 0.15) is 50.8 Å². The van der Waals surface area contributed by atoms with Gasteiger partial charge in [-0.2, -0.15) is 16.9 Å². The number of hydrogen-bond donors (Lipinski definition) is 2. The Morgan fingerprint density at radius 2 is 2.30 bits per heavy atom. The molecular weight excluding hydrogens is 272 g/mol. The van der Waals surface area contributed by atoms with E-state index < -0.39 is 0 Å². The van der Waals surface area contributed by atoms with E-state index in [0.717, 1.165) is 35.4 Å². The first-order valence-electron chi connectivity index (χ1n) is 7.47. The molecule has 1 fully saturated rings. The predicted molar refractivity (Wildman–Crippen MR) is 83.8 cm³/mol. The van der Waals surface area contributed by atoms with Crippen molar-refractivity contribution in [3.8, 4) is 5.75 Å². The summed E-state index contributed by atoms with van der Waals surface area (Å²) >= 11 is 2.02. The minimum atomic E-state index is 0.0876. The van der Waals surface area contributed by atoms with Crippen LogP contribution in [0.3, 0.4) is 0 Å². The van der Waals surface area contributed by atoms with Crippen molar-refractivity contribution in [2.45, 2.75) is 56.9 Å². The van der Waals surface area contributed by atoms with Crippen LogP contribution in [0.15, 0.2) is 6.20 Å². The topological polar surface area (TPSA) is 65.1 Å². The Morgan fingerprint density at radius 3 is 2.90 bits per heavy atom. The first-order chi connectivity index (χ1) is 9.80. The van der Waals surface area contributed by atoms with Crippen molar-refractivity contribution in [3.05, 3.63) is 11.9 Å². The summed E-state index contributed by atoms with van der Waals surface area (Å²) in [7, 11) is 1.69. The molecule has 6 heteroatoms. The van der Waals surface area contributed by atoms with Gasteiger partial charge in [-0.25, -0.2) is 0 Å². The molecule has 1 heterocycles. The molecule has 3 N–H and O–H groups in total. The Labute approximate surface area is 125 Å². The number of rotatable bonds is 8. The van der Waals surface area contributed by atoms with Crippen LogP contribution in [0.4, 0.5) is 0 Å². The zero-order chi connectivity index (χ0) is 14.4. The second-order valence-electron chi connectivity index (χ2n) is 5.28. The predicted octanol–water partition coefficient (Wildman–Crippen LogP) is 2.48. The van der Waals surface area contributed by atoms with Crippen LogP contribution < -0.4 is 16.0 Å². The summed E-state index contributed by atoms with van der Waals surface area (Å²) in [5.74, 6) is 7.57. The molecule has 0 saturated heterocycles. The van der Waals surface area contributed by atoms with Crippen molar-refractivity contribution in [2.75, 3.05) is 12.9 Å². The van der Waals surface area contributed by atoms with Crippen molar-refractivity contribution in [2.24, 2.45) is 5.84 Å². The van der Waals surface area contributed by atoms with Crippen molar-refractivity contribution in [1.82, 2.24) is 15.2 Å². The van der Waals surface area contributed by atoms with Crippen LogP contribution in [-0.2, 0) is 6.54 Å². The lowest BCUT2D eigenvalue weighted by molar-refractivity contribution is 0.396. The summed E-state index contributed by atoms with van der Waals surface area (Å²) in [5, 5.41) is 5.20. The molecule has 114 valence electrons. The molecule has 0 spiro atoms. The lowest BCUT2D eigenvalue weighted by Gasteiger charge is -2.20. The summed E-state index contributed by atoms with van der Waals surface area (Å²) in [6, 6.07) is 0.0876. The third-order valence-corrected chi connectivity index (χ3v) is 5.30. The summed E-state index contributed by atoms with van der Waals surface area (Å²) < 4.78 is 7.45. The second kappa shape index (κ2) is 7.90. The van der Waals surface area contributed by atoms with Gasteiger partial charge in [-0.1, -0.05) is 19.8 Å². The van der Waals surface area contributed by atoms with Crippen LogP contribution in [0.5, 0.6) is 5.75 Å². The van der Waals surface area contributed by atoms with Crippen molar-refractivity contribution in [3.63, 3.8) is 0 Å². The molecule has 0 aliphatic heterocycles. The summed E-state index contributed by atoms with van der Waals surface area (Å²) in [5.41, 5.74) is 4.01. The first-order valence-corrected chi connectivity index (χ1v) is 8.52. The highest BCUT2D eigenvalue weighted by Gasteiger charge is 2.23. The van der Waals surface area contributed by atoms with Gasteiger partial charge in [-0.15, -0.1) is 0 Å². The number of methoxy groups -OCH3 is 1. The van der Waals surface area contributed by atoms with E-state index in [2.05, 4.69) is 17.4 Å². The Morgan fingerprint density at radius 1 is 1.55 bits per heavy atom. The lowest BCUT2D eigenvalue weighted by atomic mass is 10.2. The van der Waals surface area contributed by atoms with Gasteiger partial charge >= 0.3 is 0 Å². The first kappa shape index (κ1) is 15.7. The SMILES string of the molecule is CCCn1ncc(OC)c1C(CSC1CCCC1)NN. The molecule has 1 saturated carbocycles. The van der Waals surface area contributed by atoms with Gasteiger partial charge in [0, 0.05) is 17.5 Å². The molecule has 0 aromatic carbocycles. The van der Waals surface area contributed by atoms with E-state index in [1.54, 1.807) is 13.3 Å². The van der Waals surface area contributed by atoms with Crippen LogP contribution >= 0.6 is 11.8 Å². The molecule has 0 amide bonds. The Balaban J connectivity index is 2.06. The molecule has 20 heavy (non-hydrogen) atoms. The fourth-order valence-corrected chi connectivity index (χ4v) is 4.16. The number of thioether (sulfide) groups is 1. The van der Waals surface area contributed by atoms with Gasteiger partial charge < -0.3 is 4.74 Å². The van der Waals surface area contributed by atoms with Crippen molar-refractivity contribution < 1.29 is 4.74 Å². The normalized spacial score (nSPS) is 17.6. The maximum atomic E-state index is 5.78. The molecule has 0 bridgehead atoms. The fourth-order valence-electron chi connectivity index (χ4n) is 2.77. The molecule has 5 nitrogen and oxygen atoms in total. The molecule has 1 aliphatic rings. The minimum Gasteiger partial charge on any atom is -0.493 e. The standard InChI is InChI=1S/C14H26N4OS/c1-3-8-18-14(13(19-2)9-16-18)12(17-15)10-20-11-6-4-5-7-11/h9,11-12,17H,3-8,10,15H2,1-2H3. The monoisotopic (exact) mass is 298 g/mol. The quantitative estimate of drug-likeness (QED) is 0.570. The Kier molecular flexibility index (Phi) is 6.19. The van der Waals surface area contributed by atoms with Crippen LogP contribution in [0.2, 0.25) is 0 Å². The Hall–Kier alpha value is -0.720. The van der Waals surface area contributed by atoms with Crippen LogP contribution in [-0.4, -0.2) is 27.9 Å². The average molecular weight is 298 g/mol. The van der Waals surface area contributed by atoms with E-state index >= 15 is 0 Å². The van der Waals surface area contributed by atoms with Gasteiger partial charge in [-0.05, 0) is 19.3 Å². The summed E-state index contributed by atoms with van der Waals surface area (Å²) in [6.45, 7) is 3.04. The number of aromatic nitrogens is 2. The summed E-state index contributed by atoms with van der Waals surface area (Å²) in [4.78, 5) is 0. The molecule has 0 radical (unpaired) electrons. The van der Waals surface area contributed by atoms with E-state index in [1.165, 1.54) is 25.7 Å². The highest BCUT2D eigenvalue weighted by Crippen LogP contribution is 2.34. The highest BCUT2D eigenvalue weighted by atomic mass is 32.2. The number of hydrogen-bond acceptors (Lipinski definition) is 5. The number of ether oxygens (including phenoxy) is 1. The van der Waals surface area contributed by atoms with Gasteiger partial charge in [0.05, 0.1) is 25.0 Å². The van der Waals surface area contributed by atoms with Crippen LogP contribution in [0, 0.1) is 0 Å². The van der Waals surface area contributed by atoms with Crippen LogP contribution in [0.25, 0.3) is 0 Å². The van der Waals surface area contributed by atoms with E-state index in [0.29, 0.717) is 0 Å². The average Bonchev–Trinajstić information content (AvgIpc) is 3.10. The number of aryl methyl sites for hydroxylation is 1. The third-order valence-electron chi connectivity index (χ3n) is 3.83. The zero-order valence-electron chi connectivity index (χ0n) is 12.5. The smallest absolute Gasteiger partial charge is 0.161 e. The third kappa shape index (κ3) is 3.68. The van der Waals surface area contributed by atoms with Gasteiger partial charge in [0.25, 0.3) is 0 Å². The van der Waals surface area contributed by atoms with Gasteiger partial charge in [0.2, 0.25) is 0 Å². The molecular formula is C14H26N4OS. The maximum absolute atomic E-state index is 5.78. The van der Waals surface area contributed by atoms with Gasteiger partial charge in [0.1, 0.15) is 0 Å². The van der Waals surface area contributed by atoms with E-state index in [4.69, 9.17) is 10.6 Å². The highest BCUT2D eigenvalue weighted by molar-refractivity contribution is 7.99. The maximum Gasteiger partial charge on any atom is 0.161 e. The van der Waals surface area contributed by atoms with E-state index in [-0.39, 0.29) is 6.04 Å². The number of hydrazine groups is 1. The van der Waals surface area contributed by atoms with E-state index in [1.807, 2.05) is 16.4 Å². The lowest BCUT2D eigenvalue weighted by Crippen LogP contribution is -2.32. The molecule has 1 aromatic rings. The number of nitrogens with two attached hydrogens (primary N) is 1. The largest absolute Gasteiger partial charge is 0.493 e. The molecule has 1 aromatic heterocycles. The minimum absolute atomic E-state index is 0.0876. The van der Waals surface area contributed by atoms with E-state index in [9.17, 15) is 0 Å². The van der Waals surface area contributed by atoms with Crippen molar-refractivity contribution >= 4 is 11.8 Å². The van der Waals surface area contributed by atoms with Crippen molar-refractivity contribution in [1.29, 1.82) is 0 Å². The number of nitrogens with one attached hydrogen (secondary N) is 1. The van der Waals surface area contributed by atoms with Gasteiger partial charge in [-0.3, -0.25) is 16.0 Å². The Bertz CT molecular complexity index is 404. The molecule has 1 atom stereocenters. The fraction of sp³-hybridized carbons (Fsp3) is 0.786. The summed E-state index contributed by atoms with van der Waals surface area (Å²) in [6.07, 6.45) is 8.26. The molecule has 1 unspecified atom stereocenters. The second-order valence-corrected chi connectivity index (χ2v) is 6.61.